The van der Waals surface area contributed by atoms with Crippen LogP contribution in [0.4, 0.5) is 5.69 Å². The van der Waals surface area contributed by atoms with Crippen LogP contribution in [0.2, 0.25) is 10.0 Å². The van der Waals surface area contributed by atoms with Gasteiger partial charge in [-0.15, -0.1) is 0 Å². The van der Waals surface area contributed by atoms with Crippen molar-refractivity contribution in [2.45, 2.75) is 18.6 Å². The van der Waals surface area contributed by atoms with Crippen molar-refractivity contribution in [3.63, 3.8) is 0 Å². The maximum absolute atomic E-state index is 6.25. The van der Waals surface area contributed by atoms with Crippen molar-refractivity contribution >= 4 is 40.7 Å². The first-order chi connectivity index (χ1) is 7.20. The molecular formula is C11H13Cl2NS. The van der Waals surface area contributed by atoms with Crippen LogP contribution in [-0.4, -0.2) is 12.3 Å². The SMILES string of the molecule is CC1SCCCNc2ccc(Cl)c(Cl)c21. The standard InChI is InChI=1S/C11H13Cl2NS/c1-7-10-9(14-5-2-6-15-7)4-3-8(12)11(10)13/h3-4,7,14H,2,5-6H2,1H3. The van der Waals surface area contributed by atoms with Gasteiger partial charge < -0.3 is 5.32 Å². The highest BCUT2D eigenvalue weighted by Gasteiger charge is 2.18. The summed E-state index contributed by atoms with van der Waals surface area (Å²) in [5, 5.41) is 5.15. The molecule has 0 aromatic heterocycles. The highest BCUT2D eigenvalue weighted by Crippen LogP contribution is 2.42. The minimum absolute atomic E-state index is 0.402. The van der Waals surface area contributed by atoms with Gasteiger partial charge in [0.2, 0.25) is 0 Å². The largest absolute Gasteiger partial charge is 0.385 e. The van der Waals surface area contributed by atoms with Gasteiger partial charge in [0, 0.05) is 23.0 Å². The first-order valence-corrected chi connectivity index (χ1v) is 6.84. The fourth-order valence-corrected chi connectivity index (χ4v) is 3.39. The van der Waals surface area contributed by atoms with Crippen LogP contribution >= 0.6 is 35.0 Å². The van der Waals surface area contributed by atoms with E-state index in [9.17, 15) is 0 Å². The third-order valence-electron chi connectivity index (χ3n) is 2.54. The van der Waals surface area contributed by atoms with Crippen molar-refractivity contribution in [3.05, 3.63) is 27.7 Å². The van der Waals surface area contributed by atoms with Crippen molar-refractivity contribution in [1.29, 1.82) is 0 Å². The molecule has 0 aliphatic carbocycles. The monoisotopic (exact) mass is 261 g/mol. The van der Waals surface area contributed by atoms with E-state index in [-0.39, 0.29) is 0 Å². The van der Waals surface area contributed by atoms with Crippen molar-refractivity contribution in [2.24, 2.45) is 0 Å². The quantitative estimate of drug-likeness (QED) is 0.733. The predicted octanol–water partition coefficient (Wildman–Crippen LogP) is 4.60. The summed E-state index contributed by atoms with van der Waals surface area (Å²) >= 11 is 14.2. The normalized spacial score (nSPS) is 21.1. The summed E-state index contributed by atoms with van der Waals surface area (Å²) in [5.41, 5.74) is 2.28. The van der Waals surface area contributed by atoms with E-state index in [1.54, 1.807) is 0 Å². The Morgan fingerprint density at radius 1 is 1.40 bits per heavy atom. The Morgan fingerprint density at radius 2 is 2.20 bits per heavy atom. The molecule has 1 aromatic rings. The Hall–Kier alpha value is -0.0500. The van der Waals surface area contributed by atoms with Crippen LogP contribution in [-0.2, 0) is 0 Å². The van der Waals surface area contributed by atoms with Gasteiger partial charge in [-0.25, -0.2) is 0 Å². The number of halogens is 2. The summed E-state index contributed by atoms with van der Waals surface area (Å²) in [6.45, 7) is 3.18. The molecule has 0 saturated heterocycles. The third-order valence-corrected chi connectivity index (χ3v) is 4.62. The molecule has 1 aliphatic rings. The molecule has 0 amide bonds. The molecule has 1 aromatic carbocycles. The third kappa shape index (κ3) is 2.38. The maximum Gasteiger partial charge on any atom is 0.0656 e. The fraction of sp³-hybridized carbons (Fsp3) is 0.455. The van der Waals surface area contributed by atoms with E-state index in [1.165, 1.54) is 6.42 Å². The van der Waals surface area contributed by atoms with Crippen LogP contribution in [0.3, 0.4) is 0 Å². The number of anilines is 1. The lowest BCUT2D eigenvalue weighted by Gasteiger charge is -2.22. The first kappa shape index (κ1) is 11.4. The molecule has 2 rings (SSSR count). The lowest BCUT2D eigenvalue weighted by Crippen LogP contribution is -2.10. The number of fused-ring (bicyclic) bond motifs is 1. The summed E-state index contributed by atoms with van der Waals surface area (Å²) in [5.74, 6) is 1.16. The van der Waals surface area contributed by atoms with E-state index in [4.69, 9.17) is 23.2 Å². The Kier molecular flexibility index (Phi) is 3.70. The van der Waals surface area contributed by atoms with E-state index in [0.29, 0.717) is 15.3 Å². The average Bonchev–Trinajstić information content (AvgIpc) is 2.19. The molecule has 0 bridgehead atoms. The molecule has 0 spiro atoms. The van der Waals surface area contributed by atoms with Gasteiger partial charge in [-0.3, -0.25) is 0 Å². The van der Waals surface area contributed by atoms with E-state index < -0.39 is 0 Å². The number of thioether (sulfide) groups is 1. The molecule has 1 nitrogen and oxygen atoms in total. The summed E-state index contributed by atoms with van der Waals surface area (Å²) < 4.78 is 0. The van der Waals surface area contributed by atoms with Gasteiger partial charge in [-0.2, -0.15) is 11.8 Å². The van der Waals surface area contributed by atoms with Crippen LogP contribution < -0.4 is 5.32 Å². The molecule has 0 saturated carbocycles. The number of nitrogens with one attached hydrogen (secondary N) is 1. The Bertz CT molecular complexity index is 368. The van der Waals surface area contributed by atoms with Crippen molar-refractivity contribution in [1.82, 2.24) is 0 Å². The van der Waals surface area contributed by atoms with Gasteiger partial charge in [-0.1, -0.05) is 23.2 Å². The second kappa shape index (κ2) is 4.86. The molecule has 4 heteroatoms. The van der Waals surface area contributed by atoms with Gasteiger partial charge >= 0.3 is 0 Å². The van der Waals surface area contributed by atoms with E-state index >= 15 is 0 Å². The molecule has 1 atom stereocenters. The molecule has 1 unspecified atom stereocenters. The van der Waals surface area contributed by atoms with Crippen molar-refractivity contribution < 1.29 is 0 Å². The molecule has 1 aliphatic heterocycles. The smallest absolute Gasteiger partial charge is 0.0656 e. The molecule has 82 valence electrons. The fourth-order valence-electron chi connectivity index (χ4n) is 1.76. The molecular weight excluding hydrogens is 249 g/mol. The van der Waals surface area contributed by atoms with Crippen LogP contribution in [0.5, 0.6) is 0 Å². The molecule has 0 fully saturated rings. The van der Waals surface area contributed by atoms with Gasteiger partial charge in [0.15, 0.2) is 0 Å². The van der Waals surface area contributed by atoms with E-state index in [1.807, 2.05) is 23.9 Å². The van der Waals surface area contributed by atoms with Crippen LogP contribution in [0.1, 0.15) is 24.2 Å². The highest BCUT2D eigenvalue weighted by atomic mass is 35.5. The van der Waals surface area contributed by atoms with Gasteiger partial charge in [0.25, 0.3) is 0 Å². The number of rotatable bonds is 0. The van der Waals surface area contributed by atoms with E-state index in [2.05, 4.69) is 12.2 Å². The second-order valence-corrected chi connectivity index (χ2v) is 5.85. The number of hydrogen-bond donors (Lipinski definition) is 1. The average molecular weight is 262 g/mol. The maximum atomic E-state index is 6.25. The van der Waals surface area contributed by atoms with Gasteiger partial charge in [0.1, 0.15) is 0 Å². The highest BCUT2D eigenvalue weighted by molar-refractivity contribution is 7.99. The van der Waals surface area contributed by atoms with Crippen LogP contribution in [0.15, 0.2) is 12.1 Å². The molecule has 0 radical (unpaired) electrons. The summed E-state index contributed by atoms with van der Waals surface area (Å²) in [4.78, 5) is 0. The lowest BCUT2D eigenvalue weighted by molar-refractivity contribution is 0.957. The molecule has 15 heavy (non-hydrogen) atoms. The number of benzene rings is 1. The predicted molar refractivity (Wildman–Crippen MR) is 70.4 cm³/mol. The summed E-state index contributed by atoms with van der Waals surface area (Å²) in [6.07, 6.45) is 1.19. The first-order valence-electron chi connectivity index (χ1n) is 5.03. The Balaban J connectivity index is 2.48. The van der Waals surface area contributed by atoms with Crippen molar-refractivity contribution in [3.8, 4) is 0 Å². The number of hydrogen-bond acceptors (Lipinski definition) is 2. The Morgan fingerprint density at radius 3 is 3.00 bits per heavy atom. The molecule has 1 heterocycles. The Labute approximate surface area is 105 Å². The minimum Gasteiger partial charge on any atom is -0.385 e. The summed E-state index contributed by atoms with van der Waals surface area (Å²) in [7, 11) is 0. The lowest BCUT2D eigenvalue weighted by atomic mass is 10.1. The molecule has 1 N–H and O–H groups in total. The minimum atomic E-state index is 0.402. The van der Waals surface area contributed by atoms with Gasteiger partial charge in [-0.05, 0) is 31.2 Å². The zero-order valence-corrected chi connectivity index (χ0v) is 10.8. The topological polar surface area (TPSA) is 12.0 Å². The van der Waals surface area contributed by atoms with Crippen LogP contribution in [0, 0.1) is 0 Å². The zero-order valence-electron chi connectivity index (χ0n) is 8.52. The zero-order chi connectivity index (χ0) is 10.8. The summed E-state index contributed by atoms with van der Waals surface area (Å²) in [6, 6.07) is 3.88. The second-order valence-electron chi connectivity index (χ2n) is 3.62. The van der Waals surface area contributed by atoms with Crippen molar-refractivity contribution in [2.75, 3.05) is 17.6 Å². The van der Waals surface area contributed by atoms with Crippen LogP contribution in [0.25, 0.3) is 0 Å². The van der Waals surface area contributed by atoms with E-state index in [0.717, 1.165) is 23.5 Å². The van der Waals surface area contributed by atoms with Gasteiger partial charge in [0.05, 0.1) is 10.0 Å².